The Morgan fingerprint density at radius 3 is 2.55 bits per heavy atom. The van der Waals surface area contributed by atoms with Crippen molar-refractivity contribution < 1.29 is 9.53 Å². The predicted molar refractivity (Wildman–Crippen MR) is 78.8 cm³/mol. The van der Waals surface area contributed by atoms with Crippen molar-refractivity contribution in [1.29, 1.82) is 0 Å². The number of hydrogen-bond donors (Lipinski definition) is 1. The van der Waals surface area contributed by atoms with Crippen molar-refractivity contribution in [1.82, 2.24) is 5.32 Å². The van der Waals surface area contributed by atoms with Crippen molar-refractivity contribution in [3.05, 3.63) is 35.9 Å². The van der Waals surface area contributed by atoms with Gasteiger partial charge in [-0.25, -0.2) is 4.79 Å². The first kappa shape index (κ1) is 13.7. The number of alkyl carbamates (subject to hydrolysis) is 1. The van der Waals surface area contributed by atoms with Crippen LogP contribution in [0.15, 0.2) is 30.3 Å². The molecule has 0 spiro atoms. The largest absolute Gasteiger partial charge is 0.444 e. The summed E-state index contributed by atoms with van der Waals surface area (Å²) in [5.41, 5.74) is 1.03. The zero-order valence-electron chi connectivity index (χ0n) is 11.4. The number of nitrogens with one attached hydrogen (secondary N) is 1. The highest BCUT2D eigenvalue weighted by atomic mass is 35.5. The Bertz CT molecular complexity index is 459. The van der Waals surface area contributed by atoms with Gasteiger partial charge in [0.25, 0.3) is 0 Å². The first-order valence-corrected chi connectivity index (χ1v) is 7.85. The molecule has 1 heterocycles. The lowest BCUT2D eigenvalue weighted by Crippen LogP contribution is -2.40. The van der Waals surface area contributed by atoms with Gasteiger partial charge in [-0.3, -0.25) is 0 Å². The van der Waals surface area contributed by atoms with Gasteiger partial charge in [0.2, 0.25) is 0 Å². The second-order valence-corrected chi connectivity index (χ2v) is 6.22. The second kappa shape index (κ2) is 6.04. The fourth-order valence-corrected chi connectivity index (χ4v) is 3.74. The quantitative estimate of drug-likeness (QED) is 0.855. The van der Waals surface area contributed by atoms with E-state index in [9.17, 15) is 4.79 Å². The summed E-state index contributed by atoms with van der Waals surface area (Å²) in [4.78, 5) is 11.7. The van der Waals surface area contributed by atoms with Crippen molar-refractivity contribution in [3.63, 3.8) is 0 Å². The monoisotopic (exact) mass is 293 g/mol. The van der Waals surface area contributed by atoms with Crippen molar-refractivity contribution in [3.8, 4) is 0 Å². The van der Waals surface area contributed by atoms with Gasteiger partial charge in [-0.1, -0.05) is 49.6 Å². The average Bonchev–Trinajstić information content (AvgIpc) is 2.90. The molecule has 0 radical (unpaired) electrons. The van der Waals surface area contributed by atoms with Crippen LogP contribution >= 0.6 is 11.6 Å². The van der Waals surface area contributed by atoms with E-state index in [-0.39, 0.29) is 23.6 Å². The Morgan fingerprint density at radius 1 is 1.15 bits per heavy atom. The lowest BCUT2D eigenvalue weighted by atomic mass is 9.81. The van der Waals surface area contributed by atoms with Crippen molar-refractivity contribution in [2.24, 2.45) is 5.92 Å². The van der Waals surface area contributed by atoms with E-state index in [1.165, 1.54) is 19.3 Å². The minimum Gasteiger partial charge on any atom is -0.444 e. The minimum atomic E-state index is -0.327. The molecule has 108 valence electrons. The predicted octanol–water partition coefficient (Wildman–Crippen LogP) is 4.02. The number of carbonyl (C=O) groups excluding carboxylic acids is 1. The van der Waals surface area contributed by atoms with Crippen LogP contribution in [0.4, 0.5) is 4.79 Å². The van der Waals surface area contributed by atoms with E-state index in [1.54, 1.807) is 0 Å². The minimum absolute atomic E-state index is 0.0921. The van der Waals surface area contributed by atoms with Crippen molar-refractivity contribution in [2.45, 2.75) is 49.6 Å². The summed E-state index contributed by atoms with van der Waals surface area (Å²) in [6.07, 6.45) is 5.59. The number of rotatable bonds is 3. The highest BCUT2D eigenvalue weighted by Crippen LogP contribution is 2.37. The maximum absolute atomic E-state index is 11.7. The number of amides is 1. The summed E-state index contributed by atoms with van der Waals surface area (Å²) >= 11 is 6.60. The highest BCUT2D eigenvalue weighted by Gasteiger charge is 2.43. The summed E-state index contributed by atoms with van der Waals surface area (Å²) in [7, 11) is 0. The third kappa shape index (κ3) is 2.78. The van der Waals surface area contributed by atoms with Crippen LogP contribution in [0, 0.1) is 5.92 Å². The Hall–Kier alpha value is -1.22. The molecule has 1 N–H and O–H groups in total. The standard InChI is InChI=1S/C16H20ClNO2/c17-13(11-7-3-1-4-8-11)14-15(20-16(19)18-14)12-9-5-2-6-10-12/h1,3-4,7-8,12-15H,2,5-6,9-10H2,(H,18,19)/t13-,14-,15+/m1/s1. The lowest BCUT2D eigenvalue weighted by Gasteiger charge is -2.31. The summed E-state index contributed by atoms with van der Waals surface area (Å²) in [6, 6.07) is 9.78. The number of cyclic esters (lactones) is 1. The van der Waals surface area contributed by atoms with E-state index >= 15 is 0 Å². The van der Waals surface area contributed by atoms with Crippen molar-refractivity contribution >= 4 is 17.7 Å². The van der Waals surface area contributed by atoms with E-state index in [1.807, 2.05) is 30.3 Å². The Morgan fingerprint density at radius 2 is 1.85 bits per heavy atom. The van der Waals surface area contributed by atoms with Gasteiger partial charge in [0.05, 0.1) is 11.4 Å². The fraction of sp³-hybridized carbons (Fsp3) is 0.562. The molecule has 1 aromatic rings. The molecular weight excluding hydrogens is 274 g/mol. The van der Waals surface area contributed by atoms with Crippen LogP contribution in [0.5, 0.6) is 0 Å². The Kier molecular flexibility index (Phi) is 4.16. The molecule has 0 bridgehead atoms. The van der Waals surface area contributed by atoms with Gasteiger partial charge in [-0.2, -0.15) is 0 Å². The third-order valence-corrected chi connectivity index (χ3v) is 4.95. The van der Waals surface area contributed by atoms with Gasteiger partial charge in [-0.15, -0.1) is 11.6 Å². The first-order chi connectivity index (χ1) is 9.75. The Labute approximate surface area is 124 Å². The second-order valence-electron chi connectivity index (χ2n) is 5.75. The SMILES string of the molecule is O=C1N[C@H]([C@H](Cl)c2ccccc2)[C@H](C2CCCCC2)O1. The van der Waals surface area contributed by atoms with Crippen LogP contribution < -0.4 is 5.32 Å². The highest BCUT2D eigenvalue weighted by molar-refractivity contribution is 6.21. The fourth-order valence-electron chi connectivity index (χ4n) is 3.39. The molecule has 1 saturated heterocycles. The van der Waals surface area contributed by atoms with E-state index < -0.39 is 0 Å². The molecule has 1 aromatic carbocycles. The third-order valence-electron chi connectivity index (χ3n) is 4.43. The molecule has 1 aliphatic heterocycles. The van der Waals surface area contributed by atoms with E-state index in [2.05, 4.69) is 5.32 Å². The van der Waals surface area contributed by atoms with Crippen LogP contribution in [0.25, 0.3) is 0 Å². The van der Waals surface area contributed by atoms with Gasteiger partial charge >= 0.3 is 6.09 Å². The summed E-state index contributed by atoms with van der Waals surface area (Å²) in [6.45, 7) is 0. The van der Waals surface area contributed by atoms with Crippen LogP contribution in [0.2, 0.25) is 0 Å². The molecule has 3 atom stereocenters. The van der Waals surface area contributed by atoms with E-state index in [0.29, 0.717) is 5.92 Å². The normalized spacial score (nSPS) is 28.8. The number of ether oxygens (including phenoxy) is 1. The van der Waals surface area contributed by atoms with Gasteiger partial charge in [-0.05, 0) is 24.3 Å². The summed E-state index contributed by atoms with van der Waals surface area (Å²) < 4.78 is 5.52. The smallest absolute Gasteiger partial charge is 0.407 e. The molecule has 2 fully saturated rings. The Balaban J connectivity index is 1.77. The lowest BCUT2D eigenvalue weighted by molar-refractivity contribution is 0.0731. The number of alkyl halides is 1. The van der Waals surface area contributed by atoms with Crippen LogP contribution in [-0.4, -0.2) is 18.2 Å². The van der Waals surface area contributed by atoms with Gasteiger partial charge < -0.3 is 10.1 Å². The van der Waals surface area contributed by atoms with Gasteiger partial charge in [0, 0.05) is 0 Å². The molecule has 3 rings (SSSR count). The molecule has 1 amide bonds. The molecule has 1 aliphatic carbocycles. The molecule has 3 nitrogen and oxygen atoms in total. The summed E-state index contributed by atoms with van der Waals surface area (Å²) in [5.74, 6) is 0.442. The van der Waals surface area contributed by atoms with Crippen molar-refractivity contribution in [2.75, 3.05) is 0 Å². The topological polar surface area (TPSA) is 38.3 Å². The molecule has 2 aliphatic rings. The molecule has 0 unspecified atom stereocenters. The van der Waals surface area contributed by atoms with E-state index in [4.69, 9.17) is 16.3 Å². The number of benzene rings is 1. The number of hydrogen-bond acceptors (Lipinski definition) is 2. The van der Waals surface area contributed by atoms with Crippen LogP contribution in [-0.2, 0) is 4.74 Å². The molecule has 1 saturated carbocycles. The number of carbonyl (C=O) groups is 1. The molecule has 4 heteroatoms. The van der Waals surface area contributed by atoms with Gasteiger partial charge in [0.1, 0.15) is 6.10 Å². The van der Waals surface area contributed by atoms with Crippen LogP contribution in [0.3, 0.4) is 0 Å². The molecule has 20 heavy (non-hydrogen) atoms. The zero-order chi connectivity index (χ0) is 13.9. The summed E-state index contributed by atoms with van der Waals surface area (Å²) in [5, 5.41) is 2.67. The average molecular weight is 294 g/mol. The molecule has 0 aromatic heterocycles. The van der Waals surface area contributed by atoms with E-state index in [0.717, 1.165) is 18.4 Å². The maximum atomic E-state index is 11.7. The van der Waals surface area contributed by atoms with Gasteiger partial charge in [0.15, 0.2) is 0 Å². The first-order valence-electron chi connectivity index (χ1n) is 7.42. The van der Waals surface area contributed by atoms with Crippen LogP contribution in [0.1, 0.15) is 43.0 Å². The zero-order valence-corrected chi connectivity index (χ0v) is 12.2. The number of halogens is 1. The molecular formula is C16H20ClNO2. The maximum Gasteiger partial charge on any atom is 0.407 e.